The van der Waals surface area contributed by atoms with E-state index in [1.54, 1.807) is 0 Å². The zero-order chi connectivity index (χ0) is 14.0. The van der Waals surface area contributed by atoms with E-state index in [-0.39, 0.29) is 23.1 Å². The molecule has 106 valence electrons. The molecule has 0 radical (unpaired) electrons. The van der Waals surface area contributed by atoms with Gasteiger partial charge in [0.2, 0.25) is 11.8 Å². The van der Waals surface area contributed by atoms with Gasteiger partial charge in [0, 0.05) is 18.4 Å². The average Bonchev–Trinajstić information content (AvgIpc) is 2.45. The molecule has 1 aromatic rings. The van der Waals surface area contributed by atoms with Crippen LogP contribution in [0.1, 0.15) is 24.8 Å². The van der Waals surface area contributed by atoms with Crippen LogP contribution in [-0.2, 0) is 20.7 Å². The van der Waals surface area contributed by atoms with E-state index < -0.39 is 0 Å². The van der Waals surface area contributed by atoms with Crippen LogP contribution in [0.2, 0.25) is 0 Å². The Bertz CT molecular complexity index is 506. The van der Waals surface area contributed by atoms with E-state index >= 15 is 0 Å². The van der Waals surface area contributed by atoms with Crippen LogP contribution in [0, 0.1) is 11.3 Å². The van der Waals surface area contributed by atoms with Gasteiger partial charge in [-0.15, -0.1) is 0 Å². The number of carbonyl (C=O) groups is 2. The fraction of sp³-hybridized carbons (Fsp3) is 0.500. The molecule has 1 N–H and O–H groups in total. The molecular formula is C16H19NO3. The zero-order valence-corrected chi connectivity index (χ0v) is 11.4. The molecule has 1 aromatic carbocycles. The molecule has 20 heavy (non-hydrogen) atoms. The van der Waals surface area contributed by atoms with Gasteiger partial charge in [-0.05, 0) is 24.8 Å². The first-order valence-corrected chi connectivity index (χ1v) is 7.15. The number of hydrogen-bond acceptors (Lipinski definition) is 3. The standard InChI is InChI=1S/C16H19NO3/c18-14-10-16(7-4-8-20-11-16)13(15(19)17-14)9-12-5-2-1-3-6-12/h1-3,5-6,13H,4,7-11H2,(H,17,18,19). The lowest BCUT2D eigenvalue weighted by Crippen LogP contribution is -2.55. The predicted octanol–water partition coefficient (Wildman–Crippen LogP) is 1.69. The van der Waals surface area contributed by atoms with Gasteiger partial charge in [-0.1, -0.05) is 30.3 Å². The molecule has 2 unspecified atom stereocenters. The molecule has 0 saturated carbocycles. The Balaban J connectivity index is 1.87. The Morgan fingerprint density at radius 2 is 2.05 bits per heavy atom. The monoisotopic (exact) mass is 273 g/mol. The maximum Gasteiger partial charge on any atom is 0.230 e. The van der Waals surface area contributed by atoms with Gasteiger partial charge in [-0.3, -0.25) is 14.9 Å². The second-order valence-electron chi connectivity index (χ2n) is 5.85. The van der Waals surface area contributed by atoms with Gasteiger partial charge in [0.05, 0.1) is 12.5 Å². The molecule has 1 spiro atoms. The van der Waals surface area contributed by atoms with Crippen molar-refractivity contribution in [2.45, 2.75) is 25.7 Å². The fourth-order valence-electron chi connectivity index (χ4n) is 3.44. The Labute approximate surface area is 118 Å². The fourth-order valence-corrected chi connectivity index (χ4v) is 3.44. The van der Waals surface area contributed by atoms with Crippen LogP contribution in [0.25, 0.3) is 0 Å². The molecule has 2 atom stereocenters. The van der Waals surface area contributed by atoms with Gasteiger partial charge >= 0.3 is 0 Å². The first-order valence-electron chi connectivity index (χ1n) is 7.15. The van der Waals surface area contributed by atoms with E-state index in [2.05, 4.69) is 5.32 Å². The third-order valence-electron chi connectivity index (χ3n) is 4.47. The normalized spacial score (nSPS) is 30.3. The average molecular weight is 273 g/mol. The molecule has 4 heteroatoms. The van der Waals surface area contributed by atoms with Crippen molar-refractivity contribution in [1.82, 2.24) is 5.32 Å². The molecule has 0 aromatic heterocycles. The number of hydrogen-bond donors (Lipinski definition) is 1. The number of nitrogens with one attached hydrogen (secondary N) is 1. The van der Waals surface area contributed by atoms with Gasteiger partial charge in [-0.2, -0.15) is 0 Å². The number of benzene rings is 1. The lowest BCUT2D eigenvalue weighted by molar-refractivity contribution is -0.151. The van der Waals surface area contributed by atoms with Crippen molar-refractivity contribution >= 4 is 11.8 Å². The first-order chi connectivity index (χ1) is 9.70. The Kier molecular flexibility index (Phi) is 3.57. The van der Waals surface area contributed by atoms with Crippen LogP contribution in [0.5, 0.6) is 0 Å². The quantitative estimate of drug-likeness (QED) is 0.834. The van der Waals surface area contributed by atoms with Crippen molar-refractivity contribution in [2.24, 2.45) is 11.3 Å². The number of ether oxygens (including phenoxy) is 1. The summed E-state index contributed by atoms with van der Waals surface area (Å²) in [4.78, 5) is 24.1. The summed E-state index contributed by atoms with van der Waals surface area (Å²) in [6.07, 6.45) is 2.88. The number of piperidine rings is 1. The van der Waals surface area contributed by atoms with Crippen LogP contribution in [-0.4, -0.2) is 25.0 Å². The Morgan fingerprint density at radius 1 is 1.25 bits per heavy atom. The van der Waals surface area contributed by atoms with E-state index in [9.17, 15) is 9.59 Å². The van der Waals surface area contributed by atoms with Crippen LogP contribution < -0.4 is 5.32 Å². The molecule has 2 saturated heterocycles. The van der Waals surface area contributed by atoms with Gasteiger partial charge in [-0.25, -0.2) is 0 Å². The third-order valence-corrected chi connectivity index (χ3v) is 4.47. The van der Waals surface area contributed by atoms with E-state index in [1.165, 1.54) is 0 Å². The zero-order valence-electron chi connectivity index (χ0n) is 11.4. The van der Waals surface area contributed by atoms with E-state index in [1.807, 2.05) is 30.3 Å². The van der Waals surface area contributed by atoms with Crippen LogP contribution in [0.3, 0.4) is 0 Å². The number of carbonyl (C=O) groups excluding carboxylic acids is 2. The van der Waals surface area contributed by atoms with Crippen molar-refractivity contribution in [2.75, 3.05) is 13.2 Å². The maximum absolute atomic E-state index is 12.3. The summed E-state index contributed by atoms with van der Waals surface area (Å²) >= 11 is 0. The summed E-state index contributed by atoms with van der Waals surface area (Å²) in [7, 11) is 0. The maximum atomic E-state index is 12.3. The summed E-state index contributed by atoms with van der Waals surface area (Å²) in [5.41, 5.74) is 0.819. The van der Waals surface area contributed by atoms with E-state index in [4.69, 9.17) is 4.74 Å². The molecule has 2 aliphatic heterocycles. The molecule has 2 heterocycles. The highest BCUT2D eigenvalue weighted by molar-refractivity contribution is 5.99. The highest BCUT2D eigenvalue weighted by atomic mass is 16.5. The van der Waals surface area contributed by atoms with Gasteiger partial charge in [0.1, 0.15) is 0 Å². The second kappa shape index (κ2) is 5.37. The SMILES string of the molecule is O=C1CC2(CCCOC2)C(Cc2ccccc2)C(=O)N1. The summed E-state index contributed by atoms with van der Waals surface area (Å²) < 4.78 is 5.60. The van der Waals surface area contributed by atoms with E-state index in [0.29, 0.717) is 19.4 Å². The Hall–Kier alpha value is -1.68. The third kappa shape index (κ3) is 2.48. The molecular weight excluding hydrogens is 254 g/mol. The van der Waals surface area contributed by atoms with E-state index in [0.717, 1.165) is 25.0 Å². The summed E-state index contributed by atoms with van der Waals surface area (Å²) in [5, 5.41) is 2.49. The highest BCUT2D eigenvalue weighted by Gasteiger charge is 2.49. The molecule has 2 amide bonds. The molecule has 2 aliphatic rings. The number of rotatable bonds is 2. The Morgan fingerprint density at radius 3 is 2.75 bits per heavy atom. The van der Waals surface area contributed by atoms with Crippen LogP contribution in [0.4, 0.5) is 0 Å². The topological polar surface area (TPSA) is 55.4 Å². The van der Waals surface area contributed by atoms with Crippen molar-refractivity contribution in [3.05, 3.63) is 35.9 Å². The molecule has 0 bridgehead atoms. The van der Waals surface area contributed by atoms with Gasteiger partial charge in [0.15, 0.2) is 0 Å². The lowest BCUT2D eigenvalue weighted by Gasteiger charge is -2.44. The molecule has 4 nitrogen and oxygen atoms in total. The van der Waals surface area contributed by atoms with Crippen LogP contribution >= 0.6 is 0 Å². The summed E-state index contributed by atoms with van der Waals surface area (Å²) in [6.45, 7) is 1.25. The first kappa shape index (κ1) is 13.3. The summed E-state index contributed by atoms with van der Waals surface area (Å²) in [5.74, 6) is -0.483. The minimum absolute atomic E-state index is 0.143. The molecule has 0 aliphatic carbocycles. The second-order valence-corrected chi connectivity index (χ2v) is 5.85. The molecule has 2 fully saturated rings. The van der Waals surface area contributed by atoms with Gasteiger partial charge < -0.3 is 4.74 Å². The number of amides is 2. The van der Waals surface area contributed by atoms with Crippen molar-refractivity contribution < 1.29 is 14.3 Å². The summed E-state index contributed by atoms with van der Waals surface area (Å²) in [6, 6.07) is 9.98. The highest BCUT2D eigenvalue weighted by Crippen LogP contribution is 2.43. The minimum Gasteiger partial charge on any atom is -0.381 e. The number of imide groups is 1. The van der Waals surface area contributed by atoms with Crippen molar-refractivity contribution in [1.29, 1.82) is 0 Å². The smallest absolute Gasteiger partial charge is 0.230 e. The van der Waals surface area contributed by atoms with Crippen molar-refractivity contribution in [3.63, 3.8) is 0 Å². The van der Waals surface area contributed by atoms with Crippen LogP contribution in [0.15, 0.2) is 30.3 Å². The predicted molar refractivity (Wildman–Crippen MR) is 73.9 cm³/mol. The molecule has 3 rings (SSSR count). The largest absolute Gasteiger partial charge is 0.381 e. The van der Waals surface area contributed by atoms with Gasteiger partial charge in [0.25, 0.3) is 0 Å². The minimum atomic E-state index is -0.312. The lowest BCUT2D eigenvalue weighted by atomic mass is 9.65. The van der Waals surface area contributed by atoms with Crippen molar-refractivity contribution in [3.8, 4) is 0 Å².